The lowest BCUT2D eigenvalue weighted by Crippen LogP contribution is -2.69. The summed E-state index contributed by atoms with van der Waals surface area (Å²) in [6, 6.07) is 0. The first-order valence-corrected chi connectivity index (χ1v) is 6.10. The molecular formula is C11H21N3O2. The number of nitrogens with one attached hydrogen (secondary N) is 2. The molecule has 0 amide bonds. The molecule has 0 saturated carbocycles. The summed E-state index contributed by atoms with van der Waals surface area (Å²) >= 11 is 0. The fraction of sp³-hybridized carbons (Fsp3) is 0.909. The van der Waals surface area contributed by atoms with E-state index in [0.717, 1.165) is 26.2 Å². The third-order valence-corrected chi connectivity index (χ3v) is 3.54. The summed E-state index contributed by atoms with van der Waals surface area (Å²) in [6.45, 7) is 5.90. The molecule has 2 heterocycles. The fourth-order valence-electron chi connectivity index (χ4n) is 2.51. The van der Waals surface area contributed by atoms with E-state index in [0.29, 0.717) is 0 Å². The van der Waals surface area contributed by atoms with E-state index in [1.54, 1.807) is 0 Å². The van der Waals surface area contributed by atoms with Crippen LogP contribution in [0.25, 0.3) is 0 Å². The molecule has 0 spiro atoms. The Morgan fingerprint density at radius 2 is 2.06 bits per heavy atom. The minimum atomic E-state index is -0.713. The Labute approximate surface area is 96.2 Å². The van der Waals surface area contributed by atoms with Crippen LogP contribution in [0.15, 0.2) is 0 Å². The number of nitrogens with zero attached hydrogens (tertiary/aromatic N) is 1. The van der Waals surface area contributed by atoms with Gasteiger partial charge in [-0.3, -0.25) is 4.79 Å². The Hall–Kier alpha value is -0.650. The molecule has 2 aliphatic rings. The minimum Gasteiger partial charge on any atom is -0.481 e. The highest BCUT2D eigenvalue weighted by molar-refractivity contribution is 5.68. The van der Waals surface area contributed by atoms with Crippen LogP contribution in [0.5, 0.6) is 0 Å². The van der Waals surface area contributed by atoms with Gasteiger partial charge < -0.3 is 20.6 Å². The third-order valence-electron chi connectivity index (χ3n) is 3.54. The Kier molecular flexibility index (Phi) is 3.78. The standard InChI is InChI=1S/C11H21N3O2/c15-10(16)7-11(8-12-9-11)13-3-6-14-4-1-2-5-14/h12-13H,1-9H2,(H,15,16). The summed E-state index contributed by atoms with van der Waals surface area (Å²) in [6.07, 6.45) is 2.84. The Morgan fingerprint density at radius 1 is 1.38 bits per heavy atom. The molecule has 16 heavy (non-hydrogen) atoms. The van der Waals surface area contributed by atoms with Crippen molar-refractivity contribution < 1.29 is 9.90 Å². The van der Waals surface area contributed by atoms with Gasteiger partial charge in [-0.2, -0.15) is 0 Å². The monoisotopic (exact) mass is 227 g/mol. The second-order valence-electron chi connectivity index (χ2n) is 4.93. The van der Waals surface area contributed by atoms with Gasteiger partial charge in [-0.1, -0.05) is 0 Å². The van der Waals surface area contributed by atoms with Crippen molar-refractivity contribution in [2.45, 2.75) is 24.8 Å². The van der Waals surface area contributed by atoms with Crippen molar-refractivity contribution >= 4 is 5.97 Å². The van der Waals surface area contributed by atoms with Crippen LogP contribution in [-0.4, -0.2) is 60.8 Å². The molecule has 0 aromatic rings. The Bertz CT molecular complexity index is 248. The number of carbonyl (C=O) groups is 1. The highest BCUT2D eigenvalue weighted by Crippen LogP contribution is 2.15. The fourth-order valence-corrected chi connectivity index (χ4v) is 2.51. The topological polar surface area (TPSA) is 64.6 Å². The molecule has 0 radical (unpaired) electrons. The summed E-state index contributed by atoms with van der Waals surface area (Å²) < 4.78 is 0. The predicted molar refractivity (Wildman–Crippen MR) is 61.5 cm³/mol. The van der Waals surface area contributed by atoms with Crippen molar-refractivity contribution in [1.29, 1.82) is 0 Å². The van der Waals surface area contributed by atoms with Gasteiger partial charge in [0.25, 0.3) is 0 Å². The smallest absolute Gasteiger partial charge is 0.305 e. The van der Waals surface area contributed by atoms with Gasteiger partial charge >= 0.3 is 5.97 Å². The lowest BCUT2D eigenvalue weighted by Gasteiger charge is -2.42. The quantitative estimate of drug-likeness (QED) is 0.570. The summed E-state index contributed by atoms with van der Waals surface area (Å²) in [4.78, 5) is 13.2. The van der Waals surface area contributed by atoms with Crippen LogP contribution in [-0.2, 0) is 4.79 Å². The SMILES string of the molecule is O=C(O)CC1(NCCN2CCCC2)CNC1. The van der Waals surface area contributed by atoms with Gasteiger partial charge in [0, 0.05) is 26.2 Å². The first kappa shape index (κ1) is 11.8. The zero-order chi connectivity index (χ0) is 11.4. The summed E-state index contributed by atoms with van der Waals surface area (Å²) in [5, 5.41) is 15.4. The number of hydrogen-bond acceptors (Lipinski definition) is 4. The molecule has 0 bridgehead atoms. The largest absolute Gasteiger partial charge is 0.481 e. The molecule has 0 aromatic carbocycles. The number of hydrogen-bond donors (Lipinski definition) is 3. The number of aliphatic carboxylic acids is 1. The van der Waals surface area contributed by atoms with Gasteiger partial charge in [0.1, 0.15) is 0 Å². The van der Waals surface area contributed by atoms with Gasteiger partial charge in [0.05, 0.1) is 12.0 Å². The van der Waals surface area contributed by atoms with Crippen molar-refractivity contribution in [3.05, 3.63) is 0 Å². The molecular weight excluding hydrogens is 206 g/mol. The van der Waals surface area contributed by atoms with E-state index in [4.69, 9.17) is 5.11 Å². The summed E-state index contributed by atoms with van der Waals surface area (Å²) in [5.74, 6) is -0.713. The van der Waals surface area contributed by atoms with E-state index in [2.05, 4.69) is 15.5 Å². The average Bonchev–Trinajstić information content (AvgIpc) is 2.66. The van der Waals surface area contributed by atoms with Crippen LogP contribution in [0, 0.1) is 0 Å². The van der Waals surface area contributed by atoms with Crippen molar-refractivity contribution in [3.63, 3.8) is 0 Å². The van der Waals surface area contributed by atoms with E-state index >= 15 is 0 Å². The maximum atomic E-state index is 10.7. The number of rotatable bonds is 6. The van der Waals surface area contributed by atoms with Crippen molar-refractivity contribution in [3.8, 4) is 0 Å². The van der Waals surface area contributed by atoms with E-state index in [-0.39, 0.29) is 12.0 Å². The first-order chi connectivity index (χ1) is 7.70. The number of carboxylic acid groups (broad SMARTS) is 1. The zero-order valence-corrected chi connectivity index (χ0v) is 9.67. The predicted octanol–water partition coefficient (Wildman–Crippen LogP) is -0.511. The highest BCUT2D eigenvalue weighted by Gasteiger charge is 2.38. The maximum absolute atomic E-state index is 10.7. The van der Waals surface area contributed by atoms with Crippen LogP contribution < -0.4 is 10.6 Å². The van der Waals surface area contributed by atoms with E-state index in [1.165, 1.54) is 25.9 Å². The zero-order valence-electron chi connectivity index (χ0n) is 9.67. The van der Waals surface area contributed by atoms with E-state index in [1.807, 2.05) is 0 Å². The molecule has 0 atom stereocenters. The Balaban J connectivity index is 1.68. The van der Waals surface area contributed by atoms with Gasteiger partial charge in [-0.15, -0.1) is 0 Å². The lowest BCUT2D eigenvalue weighted by atomic mass is 9.88. The molecule has 92 valence electrons. The molecule has 5 nitrogen and oxygen atoms in total. The average molecular weight is 227 g/mol. The Morgan fingerprint density at radius 3 is 2.56 bits per heavy atom. The third kappa shape index (κ3) is 2.93. The second kappa shape index (κ2) is 5.12. The normalized spacial score (nSPS) is 24.2. The lowest BCUT2D eigenvalue weighted by molar-refractivity contribution is -0.139. The number of carboxylic acids is 1. The molecule has 3 N–H and O–H groups in total. The highest BCUT2D eigenvalue weighted by atomic mass is 16.4. The van der Waals surface area contributed by atoms with Crippen LogP contribution in [0.2, 0.25) is 0 Å². The first-order valence-electron chi connectivity index (χ1n) is 6.10. The van der Waals surface area contributed by atoms with Crippen molar-refractivity contribution in [1.82, 2.24) is 15.5 Å². The van der Waals surface area contributed by atoms with Gasteiger partial charge in [0.2, 0.25) is 0 Å². The molecule has 5 heteroatoms. The van der Waals surface area contributed by atoms with Crippen molar-refractivity contribution in [2.24, 2.45) is 0 Å². The van der Waals surface area contributed by atoms with Crippen LogP contribution in [0.4, 0.5) is 0 Å². The summed E-state index contributed by atoms with van der Waals surface area (Å²) in [7, 11) is 0. The van der Waals surface area contributed by atoms with Crippen LogP contribution in [0.1, 0.15) is 19.3 Å². The maximum Gasteiger partial charge on any atom is 0.305 e. The van der Waals surface area contributed by atoms with Crippen LogP contribution in [0.3, 0.4) is 0 Å². The molecule has 0 aromatic heterocycles. The van der Waals surface area contributed by atoms with Crippen LogP contribution >= 0.6 is 0 Å². The minimum absolute atomic E-state index is 0.189. The van der Waals surface area contributed by atoms with Gasteiger partial charge in [-0.25, -0.2) is 0 Å². The molecule has 0 unspecified atom stereocenters. The molecule has 2 aliphatic heterocycles. The van der Waals surface area contributed by atoms with Gasteiger partial charge in [-0.05, 0) is 25.9 Å². The van der Waals surface area contributed by atoms with Gasteiger partial charge in [0.15, 0.2) is 0 Å². The molecule has 2 fully saturated rings. The van der Waals surface area contributed by atoms with Crippen molar-refractivity contribution in [2.75, 3.05) is 39.3 Å². The second-order valence-corrected chi connectivity index (χ2v) is 4.93. The molecule has 0 aliphatic carbocycles. The number of likely N-dealkylation sites (tertiary alicyclic amines) is 1. The van der Waals surface area contributed by atoms with E-state index in [9.17, 15) is 4.79 Å². The summed E-state index contributed by atoms with van der Waals surface area (Å²) in [5.41, 5.74) is -0.189. The molecule has 2 saturated heterocycles. The van der Waals surface area contributed by atoms with E-state index < -0.39 is 5.97 Å². The molecule has 2 rings (SSSR count).